The highest BCUT2D eigenvalue weighted by Crippen LogP contribution is 2.19. The number of carbonyl (C=O) groups is 1. The number of nitrogen functional groups attached to an aromatic ring is 1. The Morgan fingerprint density at radius 3 is 2.81 bits per heavy atom. The maximum absolute atomic E-state index is 11.5. The normalized spacial score (nSPS) is 9.76. The quantitative estimate of drug-likeness (QED) is 0.498. The fraction of sp³-hybridized carbons (Fsp3) is 0.133. The zero-order valence-electron chi connectivity index (χ0n) is 11.6. The molecule has 1 aromatic carbocycles. The van der Waals surface area contributed by atoms with Gasteiger partial charge in [-0.05, 0) is 24.3 Å². The molecule has 0 unspecified atom stereocenters. The number of benzene rings is 1. The van der Waals surface area contributed by atoms with Crippen LogP contribution in [-0.4, -0.2) is 17.9 Å². The smallest absolute Gasteiger partial charge is 0.283 e. The first kappa shape index (κ1) is 14.5. The number of amides is 1. The number of para-hydroxylation sites is 1. The van der Waals surface area contributed by atoms with Gasteiger partial charge in [0.15, 0.2) is 0 Å². The minimum absolute atomic E-state index is 0.261. The minimum atomic E-state index is -0.433. The highest BCUT2D eigenvalue weighted by molar-refractivity contribution is 5.91. The van der Waals surface area contributed by atoms with Crippen molar-refractivity contribution in [3.05, 3.63) is 59.4 Å². The second kappa shape index (κ2) is 6.50. The van der Waals surface area contributed by atoms with Gasteiger partial charge in [0.2, 0.25) is 0 Å². The van der Waals surface area contributed by atoms with Gasteiger partial charge in [-0.2, -0.15) is 5.26 Å². The van der Waals surface area contributed by atoms with Gasteiger partial charge in [0.1, 0.15) is 11.8 Å². The summed E-state index contributed by atoms with van der Waals surface area (Å²) in [5.41, 5.74) is 4.44. The number of nitrogens with two attached hydrogens (primary N) is 1. The lowest BCUT2D eigenvalue weighted by atomic mass is 10.1. The zero-order chi connectivity index (χ0) is 15.2. The van der Waals surface area contributed by atoms with Crippen molar-refractivity contribution in [3.8, 4) is 6.07 Å². The van der Waals surface area contributed by atoms with E-state index >= 15 is 0 Å². The highest BCUT2D eigenvalue weighted by Gasteiger charge is 2.10. The summed E-state index contributed by atoms with van der Waals surface area (Å²) in [7, 11) is 1.87. The first-order valence-electron chi connectivity index (χ1n) is 6.33. The standard InChI is InChI=1S/C15H15N5O/c1-20(14-8-3-2-5-11(14)9-16)10-12-6-4-7-13(18-12)15(21)19-17/h2-8H,10,17H2,1H3,(H,19,21). The van der Waals surface area contributed by atoms with Crippen LogP contribution in [0.5, 0.6) is 0 Å². The van der Waals surface area contributed by atoms with Crippen LogP contribution in [0.1, 0.15) is 21.7 Å². The number of nitriles is 1. The predicted molar refractivity (Wildman–Crippen MR) is 79.2 cm³/mol. The molecular weight excluding hydrogens is 266 g/mol. The van der Waals surface area contributed by atoms with Crippen LogP contribution in [0.25, 0.3) is 0 Å². The van der Waals surface area contributed by atoms with E-state index in [1.54, 1.807) is 18.2 Å². The molecule has 0 saturated heterocycles. The van der Waals surface area contributed by atoms with Crippen LogP contribution < -0.4 is 16.2 Å². The van der Waals surface area contributed by atoms with Crippen molar-refractivity contribution < 1.29 is 4.79 Å². The van der Waals surface area contributed by atoms with Crippen LogP contribution >= 0.6 is 0 Å². The van der Waals surface area contributed by atoms with Gasteiger partial charge in [-0.3, -0.25) is 10.2 Å². The number of hydrogen-bond donors (Lipinski definition) is 2. The van der Waals surface area contributed by atoms with Gasteiger partial charge in [-0.25, -0.2) is 10.8 Å². The van der Waals surface area contributed by atoms with Crippen molar-refractivity contribution in [3.63, 3.8) is 0 Å². The van der Waals surface area contributed by atoms with E-state index in [0.717, 1.165) is 5.69 Å². The van der Waals surface area contributed by atoms with E-state index in [9.17, 15) is 4.79 Å². The van der Waals surface area contributed by atoms with E-state index in [2.05, 4.69) is 16.5 Å². The number of pyridine rings is 1. The average Bonchev–Trinajstić information content (AvgIpc) is 2.54. The van der Waals surface area contributed by atoms with E-state index in [1.807, 2.05) is 36.2 Å². The van der Waals surface area contributed by atoms with Gasteiger partial charge < -0.3 is 4.90 Å². The summed E-state index contributed by atoms with van der Waals surface area (Å²) in [6.45, 7) is 0.477. The fourth-order valence-corrected chi connectivity index (χ4v) is 2.00. The lowest BCUT2D eigenvalue weighted by molar-refractivity contribution is 0.0948. The molecule has 21 heavy (non-hydrogen) atoms. The third kappa shape index (κ3) is 3.35. The number of hydrazine groups is 1. The summed E-state index contributed by atoms with van der Waals surface area (Å²) in [5, 5.41) is 9.12. The molecule has 0 atom stereocenters. The Morgan fingerprint density at radius 2 is 2.10 bits per heavy atom. The molecule has 0 aliphatic carbocycles. The molecule has 0 aliphatic heterocycles. The Morgan fingerprint density at radius 1 is 1.33 bits per heavy atom. The summed E-state index contributed by atoms with van der Waals surface area (Å²) < 4.78 is 0. The monoisotopic (exact) mass is 281 g/mol. The lowest BCUT2D eigenvalue weighted by Gasteiger charge is -2.20. The molecule has 2 rings (SSSR count). The molecule has 0 spiro atoms. The molecule has 1 aromatic heterocycles. The van der Waals surface area contributed by atoms with Gasteiger partial charge in [-0.1, -0.05) is 18.2 Å². The molecular formula is C15H15N5O. The van der Waals surface area contributed by atoms with E-state index in [0.29, 0.717) is 17.8 Å². The molecule has 3 N–H and O–H groups in total. The first-order valence-corrected chi connectivity index (χ1v) is 6.33. The second-order valence-corrected chi connectivity index (χ2v) is 4.47. The molecule has 106 valence electrons. The van der Waals surface area contributed by atoms with E-state index in [1.165, 1.54) is 0 Å². The van der Waals surface area contributed by atoms with Crippen molar-refractivity contribution in [1.29, 1.82) is 5.26 Å². The molecule has 6 nitrogen and oxygen atoms in total. The highest BCUT2D eigenvalue weighted by atomic mass is 16.2. The summed E-state index contributed by atoms with van der Waals surface area (Å²) >= 11 is 0. The number of anilines is 1. The molecule has 0 aliphatic rings. The van der Waals surface area contributed by atoms with Crippen molar-refractivity contribution in [2.75, 3.05) is 11.9 Å². The lowest BCUT2D eigenvalue weighted by Crippen LogP contribution is -2.31. The summed E-state index contributed by atoms with van der Waals surface area (Å²) in [4.78, 5) is 17.6. The number of nitrogens with one attached hydrogen (secondary N) is 1. The van der Waals surface area contributed by atoms with Gasteiger partial charge in [-0.15, -0.1) is 0 Å². The van der Waals surface area contributed by atoms with Gasteiger partial charge >= 0.3 is 0 Å². The van der Waals surface area contributed by atoms with Crippen LogP contribution in [-0.2, 0) is 6.54 Å². The molecule has 2 aromatic rings. The van der Waals surface area contributed by atoms with Crippen molar-refractivity contribution in [2.24, 2.45) is 5.84 Å². The Hall–Kier alpha value is -2.91. The number of rotatable bonds is 4. The second-order valence-electron chi connectivity index (χ2n) is 4.47. The van der Waals surface area contributed by atoms with Gasteiger partial charge in [0.05, 0.1) is 23.5 Å². The zero-order valence-corrected chi connectivity index (χ0v) is 11.6. The van der Waals surface area contributed by atoms with Gasteiger partial charge in [0, 0.05) is 7.05 Å². The number of carbonyl (C=O) groups excluding carboxylic acids is 1. The summed E-state index contributed by atoms with van der Waals surface area (Å²) in [6.07, 6.45) is 0. The predicted octanol–water partition coefficient (Wildman–Crippen LogP) is 1.19. The number of hydrogen-bond acceptors (Lipinski definition) is 5. The van der Waals surface area contributed by atoms with Crippen LogP contribution in [0, 0.1) is 11.3 Å². The Kier molecular flexibility index (Phi) is 4.49. The van der Waals surface area contributed by atoms with Crippen molar-refractivity contribution >= 4 is 11.6 Å². The fourth-order valence-electron chi connectivity index (χ4n) is 2.00. The van der Waals surface area contributed by atoms with E-state index in [-0.39, 0.29) is 5.69 Å². The van der Waals surface area contributed by atoms with Crippen LogP contribution in [0.3, 0.4) is 0 Å². The summed E-state index contributed by atoms with van der Waals surface area (Å²) in [5.74, 6) is 4.66. The largest absolute Gasteiger partial charge is 0.368 e. The molecule has 0 saturated carbocycles. The topological polar surface area (TPSA) is 95.0 Å². The Bertz CT molecular complexity index is 692. The SMILES string of the molecule is CN(Cc1cccc(C(=O)NN)n1)c1ccccc1C#N. The maximum Gasteiger partial charge on any atom is 0.283 e. The van der Waals surface area contributed by atoms with Crippen LogP contribution in [0.4, 0.5) is 5.69 Å². The molecule has 0 bridgehead atoms. The molecule has 0 fully saturated rings. The van der Waals surface area contributed by atoms with Crippen molar-refractivity contribution in [2.45, 2.75) is 6.54 Å². The number of aromatic nitrogens is 1. The maximum atomic E-state index is 11.5. The van der Waals surface area contributed by atoms with Gasteiger partial charge in [0.25, 0.3) is 5.91 Å². The van der Waals surface area contributed by atoms with Crippen molar-refractivity contribution in [1.82, 2.24) is 10.4 Å². The number of nitrogens with zero attached hydrogens (tertiary/aromatic N) is 3. The average molecular weight is 281 g/mol. The molecule has 1 heterocycles. The van der Waals surface area contributed by atoms with Crippen LogP contribution in [0.15, 0.2) is 42.5 Å². The molecule has 0 radical (unpaired) electrons. The van der Waals surface area contributed by atoms with E-state index in [4.69, 9.17) is 11.1 Å². The Labute approximate surface area is 122 Å². The first-order chi connectivity index (χ1) is 10.2. The minimum Gasteiger partial charge on any atom is -0.368 e. The third-order valence-corrected chi connectivity index (χ3v) is 3.01. The van der Waals surface area contributed by atoms with Crippen LogP contribution in [0.2, 0.25) is 0 Å². The molecule has 6 heteroatoms. The summed E-state index contributed by atoms with van der Waals surface area (Å²) in [6, 6.07) is 14.6. The molecule has 1 amide bonds. The Balaban J connectivity index is 2.22. The third-order valence-electron chi connectivity index (χ3n) is 3.01. The van der Waals surface area contributed by atoms with E-state index < -0.39 is 5.91 Å².